The van der Waals surface area contributed by atoms with Crippen LogP contribution in [-0.2, 0) is 14.8 Å². The molecule has 0 atom stereocenters. The molecule has 0 radical (unpaired) electrons. The van der Waals surface area contributed by atoms with Gasteiger partial charge in [0.25, 0.3) is 5.91 Å². The van der Waals surface area contributed by atoms with Gasteiger partial charge in [0.1, 0.15) is 10.6 Å². The molecule has 1 N–H and O–H groups in total. The molecule has 3 rings (SSSR count). The molecular formula is C17H26ClN3O5S. The highest BCUT2D eigenvalue weighted by Crippen LogP contribution is 2.29. The van der Waals surface area contributed by atoms with Gasteiger partial charge in [0.05, 0.1) is 20.3 Å². The molecule has 1 amide bonds. The molecule has 2 heterocycles. The second-order valence-electron chi connectivity index (χ2n) is 6.28. The van der Waals surface area contributed by atoms with Gasteiger partial charge in [-0.1, -0.05) is 0 Å². The number of benzene rings is 1. The number of carbonyl (C=O) groups excluding carboxylic acids is 1. The van der Waals surface area contributed by atoms with Crippen LogP contribution in [0.15, 0.2) is 23.1 Å². The van der Waals surface area contributed by atoms with Crippen LogP contribution in [0.25, 0.3) is 0 Å². The molecule has 1 aromatic carbocycles. The minimum absolute atomic E-state index is 0. The van der Waals surface area contributed by atoms with E-state index in [0.29, 0.717) is 45.0 Å². The number of carbonyl (C=O) groups is 1. The molecule has 2 aliphatic rings. The third-order valence-corrected chi connectivity index (χ3v) is 6.55. The smallest absolute Gasteiger partial charge is 0.253 e. The van der Waals surface area contributed by atoms with Crippen LogP contribution in [0.2, 0.25) is 0 Å². The highest BCUT2D eigenvalue weighted by molar-refractivity contribution is 7.89. The van der Waals surface area contributed by atoms with E-state index < -0.39 is 10.0 Å². The lowest BCUT2D eigenvalue weighted by Gasteiger charge is -2.27. The SMILES string of the molecule is COc1ccc(C(=O)N2CCCNCC2)cc1S(=O)(=O)N1CCOCC1.Cl. The molecule has 0 aliphatic carbocycles. The molecule has 2 fully saturated rings. The van der Waals surface area contributed by atoms with Crippen molar-refractivity contribution in [2.75, 3.05) is 59.6 Å². The molecule has 2 saturated heterocycles. The number of amides is 1. The Kier molecular flexibility index (Phi) is 7.87. The van der Waals surface area contributed by atoms with Crippen molar-refractivity contribution in [3.05, 3.63) is 23.8 Å². The van der Waals surface area contributed by atoms with Gasteiger partial charge in [-0.25, -0.2) is 8.42 Å². The minimum atomic E-state index is -3.75. The van der Waals surface area contributed by atoms with Crippen LogP contribution < -0.4 is 10.1 Å². The summed E-state index contributed by atoms with van der Waals surface area (Å²) in [6.45, 7) is 4.19. The quantitative estimate of drug-likeness (QED) is 0.767. The number of methoxy groups -OCH3 is 1. The number of rotatable bonds is 4. The van der Waals surface area contributed by atoms with E-state index in [1.165, 1.54) is 17.5 Å². The fourth-order valence-electron chi connectivity index (χ4n) is 3.17. The average molecular weight is 420 g/mol. The Morgan fingerprint density at radius 3 is 2.59 bits per heavy atom. The molecule has 0 unspecified atom stereocenters. The van der Waals surface area contributed by atoms with Crippen LogP contribution in [0.4, 0.5) is 0 Å². The van der Waals surface area contributed by atoms with Crippen molar-refractivity contribution in [2.45, 2.75) is 11.3 Å². The number of hydrogen-bond donors (Lipinski definition) is 1. The zero-order valence-corrected chi connectivity index (χ0v) is 17.0. The van der Waals surface area contributed by atoms with Gasteiger partial charge < -0.3 is 19.7 Å². The van der Waals surface area contributed by atoms with Crippen LogP contribution in [0.5, 0.6) is 5.75 Å². The fraction of sp³-hybridized carbons (Fsp3) is 0.588. The van der Waals surface area contributed by atoms with Gasteiger partial charge in [0, 0.05) is 38.3 Å². The van der Waals surface area contributed by atoms with Crippen molar-refractivity contribution in [3.63, 3.8) is 0 Å². The zero-order valence-electron chi connectivity index (χ0n) is 15.3. The van der Waals surface area contributed by atoms with E-state index >= 15 is 0 Å². The summed E-state index contributed by atoms with van der Waals surface area (Å²) in [6, 6.07) is 4.61. The third kappa shape index (κ3) is 4.91. The van der Waals surface area contributed by atoms with E-state index in [9.17, 15) is 13.2 Å². The van der Waals surface area contributed by atoms with Crippen LogP contribution in [0.3, 0.4) is 0 Å². The third-order valence-electron chi connectivity index (χ3n) is 4.63. The van der Waals surface area contributed by atoms with Crippen molar-refractivity contribution in [2.24, 2.45) is 0 Å². The van der Waals surface area contributed by atoms with E-state index in [1.807, 2.05) is 0 Å². The second-order valence-corrected chi connectivity index (χ2v) is 8.18. The van der Waals surface area contributed by atoms with Crippen molar-refractivity contribution >= 4 is 28.3 Å². The Morgan fingerprint density at radius 1 is 1.15 bits per heavy atom. The largest absolute Gasteiger partial charge is 0.495 e. The van der Waals surface area contributed by atoms with Crippen LogP contribution in [-0.4, -0.2) is 83.1 Å². The number of halogens is 1. The number of ether oxygens (including phenoxy) is 2. The van der Waals surface area contributed by atoms with Crippen LogP contribution >= 0.6 is 12.4 Å². The molecule has 0 bridgehead atoms. The van der Waals surface area contributed by atoms with Crippen LogP contribution in [0, 0.1) is 0 Å². The average Bonchev–Trinajstić information content (AvgIpc) is 2.97. The molecule has 10 heteroatoms. The number of sulfonamides is 1. The highest BCUT2D eigenvalue weighted by Gasteiger charge is 2.30. The minimum Gasteiger partial charge on any atom is -0.495 e. The van der Waals surface area contributed by atoms with Gasteiger partial charge in [-0.2, -0.15) is 4.31 Å². The molecule has 0 saturated carbocycles. The highest BCUT2D eigenvalue weighted by atomic mass is 35.5. The fourth-order valence-corrected chi connectivity index (χ4v) is 4.76. The Morgan fingerprint density at radius 2 is 1.89 bits per heavy atom. The Hall–Kier alpha value is -1.39. The predicted molar refractivity (Wildman–Crippen MR) is 103 cm³/mol. The first-order valence-electron chi connectivity index (χ1n) is 8.80. The summed E-state index contributed by atoms with van der Waals surface area (Å²) in [5.41, 5.74) is 0.361. The first kappa shape index (κ1) is 21.9. The summed E-state index contributed by atoms with van der Waals surface area (Å²) in [6.07, 6.45) is 0.876. The first-order valence-corrected chi connectivity index (χ1v) is 10.2. The lowest BCUT2D eigenvalue weighted by atomic mass is 10.2. The molecule has 0 aromatic heterocycles. The number of nitrogens with one attached hydrogen (secondary N) is 1. The molecule has 1 aromatic rings. The van der Waals surface area contributed by atoms with Gasteiger partial charge in [0.15, 0.2) is 0 Å². The summed E-state index contributed by atoms with van der Waals surface area (Å²) < 4.78 is 37.9. The maximum atomic E-state index is 13.0. The van der Waals surface area contributed by atoms with Crippen molar-refractivity contribution in [1.29, 1.82) is 0 Å². The molecule has 152 valence electrons. The van der Waals surface area contributed by atoms with E-state index in [4.69, 9.17) is 9.47 Å². The molecule has 8 nitrogen and oxygen atoms in total. The summed E-state index contributed by atoms with van der Waals surface area (Å²) in [7, 11) is -2.33. The number of morpholine rings is 1. The second kappa shape index (κ2) is 9.70. The van der Waals surface area contributed by atoms with Crippen molar-refractivity contribution < 1.29 is 22.7 Å². The van der Waals surface area contributed by atoms with Gasteiger partial charge in [-0.15, -0.1) is 12.4 Å². The van der Waals surface area contributed by atoms with Crippen LogP contribution in [0.1, 0.15) is 16.8 Å². The van der Waals surface area contributed by atoms with E-state index in [1.54, 1.807) is 17.0 Å². The van der Waals surface area contributed by atoms with Gasteiger partial charge in [-0.05, 0) is 31.2 Å². The maximum Gasteiger partial charge on any atom is 0.253 e. The summed E-state index contributed by atoms with van der Waals surface area (Å²) >= 11 is 0. The summed E-state index contributed by atoms with van der Waals surface area (Å²) in [4.78, 5) is 14.6. The van der Waals surface area contributed by atoms with Crippen molar-refractivity contribution in [1.82, 2.24) is 14.5 Å². The number of nitrogens with zero attached hydrogens (tertiary/aromatic N) is 2. The standard InChI is InChI=1S/C17H25N3O5S.ClH/c1-24-15-4-3-14(17(21)19-7-2-5-18-6-8-19)13-16(15)26(22,23)20-9-11-25-12-10-20;/h3-4,13,18H,2,5-12H2,1H3;1H. The Bertz CT molecular complexity index is 745. The van der Waals surface area contributed by atoms with E-state index in [2.05, 4.69) is 5.32 Å². The van der Waals surface area contributed by atoms with Gasteiger partial charge >= 0.3 is 0 Å². The zero-order chi connectivity index (χ0) is 18.6. The van der Waals surface area contributed by atoms with Crippen molar-refractivity contribution in [3.8, 4) is 5.75 Å². The molecular weight excluding hydrogens is 394 g/mol. The number of hydrogen-bond acceptors (Lipinski definition) is 6. The van der Waals surface area contributed by atoms with E-state index in [0.717, 1.165) is 19.5 Å². The van der Waals surface area contributed by atoms with Gasteiger partial charge in [-0.3, -0.25) is 4.79 Å². The van der Waals surface area contributed by atoms with E-state index in [-0.39, 0.29) is 29.0 Å². The monoisotopic (exact) mass is 419 g/mol. The first-order chi connectivity index (χ1) is 12.5. The molecule has 0 spiro atoms. The summed E-state index contributed by atoms with van der Waals surface area (Å²) in [5, 5.41) is 3.25. The molecule has 2 aliphatic heterocycles. The Labute approximate surface area is 166 Å². The lowest BCUT2D eigenvalue weighted by Crippen LogP contribution is -2.41. The maximum absolute atomic E-state index is 13.0. The topological polar surface area (TPSA) is 88.2 Å². The molecule has 27 heavy (non-hydrogen) atoms. The Balaban J connectivity index is 0.00000261. The normalized spacial score (nSPS) is 19.1. The van der Waals surface area contributed by atoms with Gasteiger partial charge in [0.2, 0.25) is 10.0 Å². The summed E-state index contributed by atoms with van der Waals surface area (Å²) in [5.74, 6) is 0.0837. The lowest BCUT2D eigenvalue weighted by molar-refractivity contribution is 0.0729. The predicted octanol–water partition coefficient (Wildman–Crippen LogP) is 0.573.